The van der Waals surface area contributed by atoms with Gasteiger partial charge in [0.25, 0.3) is 5.91 Å². The van der Waals surface area contributed by atoms with E-state index < -0.39 is 5.82 Å². The molecule has 1 heterocycles. The van der Waals surface area contributed by atoms with Gasteiger partial charge in [0.2, 0.25) is 5.91 Å². The molecular weight excluding hydrogens is 455 g/mol. The summed E-state index contributed by atoms with van der Waals surface area (Å²) < 4.78 is 18.9. The van der Waals surface area contributed by atoms with Gasteiger partial charge in [-0.2, -0.15) is 0 Å². The Kier molecular flexibility index (Phi) is 8.95. The first-order valence-corrected chi connectivity index (χ1v) is 12.2. The van der Waals surface area contributed by atoms with Crippen LogP contribution in [0.5, 0.6) is 5.75 Å². The molecule has 0 bridgehead atoms. The number of carbonyl (C=O) groups is 2. The second kappa shape index (κ2) is 11.7. The Hall–Kier alpha value is -2.60. The number of likely N-dealkylation sites (N-methyl/N-ethyl adjacent to an activating group) is 1. The van der Waals surface area contributed by atoms with Crippen LogP contribution in [-0.4, -0.2) is 54.9 Å². The number of piperidine rings is 1. The Bertz CT molecular complexity index is 1010. The lowest BCUT2D eigenvalue weighted by molar-refractivity contribution is -0.134. The average Bonchev–Trinajstić information content (AvgIpc) is 2.83. The highest BCUT2D eigenvalue weighted by atomic mass is 35.5. The molecule has 2 amide bonds. The van der Waals surface area contributed by atoms with Crippen LogP contribution in [0.25, 0.3) is 0 Å². The average molecular weight is 489 g/mol. The van der Waals surface area contributed by atoms with E-state index in [1.807, 2.05) is 30.1 Å². The first-order valence-electron chi connectivity index (χ1n) is 11.8. The van der Waals surface area contributed by atoms with Crippen molar-refractivity contribution in [2.45, 2.75) is 45.6 Å². The normalized spacial score (nSPS) is 15.3. The van der Waals surface area contributed by atoms with Gasteiger partial charge in [0.15, 0.2) is 0 Å². The van der Waals surface area contributed by atoms with Crippen LogP contribution in [0, 0.1) is 17.7 Å². The molecule has 0 aliphatic carbocycles. The first-order chi connectivity index (χ1) is 16.2. The highest BCUT2D eigenvalue weighted by Gasteiger charge is 2.33. The summed E-state index contributed by atoms with van der Waals surface area (Å²) in [5, 5.41) is -0.0515. The number of likely N-dealkylation sites (tertiary alicyclic amines) is 1. The fraction of sp³-hybridized carbons (Fsp3) is 0.481. The van der Waals surface area contributed by atoms with Gasteiger partial charge in [0.1, 0.15) is 11.6 Å². The molecular formula is C27H34ClFN2O3. The minimum atomic E-state index is -0.536. The molecule has 1 atom stereocenters. The zero-order valence-electron chi connectivity index (χ0n) is 20.4. The van der Waals surface area contributed by atoms with Crippen LogP contribution >= 0.6 is 11.6 Å². The third-order valence-electron chi connectivity index (χ3n) is 6.59. The highest BCUT2D eigenvalue weighted by molar-refractivity contribution is 6.31. The lowest BCUT2D eigenvalue weighted by Gasteiger charge is -2.40. The Labute approximate surface area is 206 Å². The van der Waals surface area contributed by atoms with Crippen molar-refractivity contribution in [1.82, 2.24) is 9.80 Å². The standard InChI is InChI=1S/C27H34ClFN2O3/c1-18(2)14-26(32)30(3)25(16-19-6-5-7-22(15-19)34-4)20-10-12-31(13-11-20)27(33)21-8-9-24(29)23(28)17-21/h5-9,15,17-18,20,25H,10-14,16H2,1-4H3. The quantitative estimate of drug-likeness (QED) is 0.496. The zero-order chi connectivity index (χ0) is 24.8. The van der Waals surface area contributed by atoms with Crippen LogP contribution in [-0.2, 0) is 11.2 Å². The second-order valence-electron chi connectivity index (χ2n) is 9.48. The van der Waals surface area contributed by atoms with Crippen molar-refractivity contribution in [2.24, 2.45) is 11.8 Å². The molecule has 1 unspecified atom stereocenters. The van der Waals surface area contributed by atoms with Gasteiger partial charge in [-0.25, -0.2) is 4.39 Å². The molecule has 1 saturated heterocycles. The molecule has 3 rings (SSSR count). The van der Waals surface area contributed by atoms with Gasteiger partial charge in [-0.05, 0) is 67.0 Å². The van der Waals surface area contributed by atoms with E-state index in [2.05, 4.69) is 19.9 Å². The van der Waals surface area contributed by atoms with Gasteiger partial charge in [-0.1, -0.05) is 37.6 Å². The van der Waals surface area contributed by atoms with E-state index >= 15 is 0 Å². The van der Waals surface area contributed by atoms with Crippen molar-refractivity contribution in [1.29, 1.82) is 0 Å². The molecule has 184 valence electrons. The van der Waals surface area contributed by atoms with E-state index in [-0.39, 0.29) is 34.7 Å². The van der Waals surface area contributed by atoms with E-state index in [1.165, 1.54) is 18.2 Å². The van der Waals surface area contributed by atoms with Crippen molar-refractivity contribution >= 4 is 23.4 Å². The topological polar surface area (TPSA) is 49.9 Å². The number of rotatable bonds is 8. The SMILES string of the molecule is COc1cccc(CC(C2CCN(C(=O)c3ccc(F)c(Cl)c3)CC2)N(C)C(=O)CC(C)C)c1. The van der Waals surface area contributed by atoms with Crippen LogP contribution in [0.15, 0.2) is 42.5 Å². The molecule has 0 radical (unpaired) electrons. The smallest absolute Gasteiger partial charge is 0.253 e. The summed E-state index contributed by atoms with van der Waals surface area (Å²) in [4.78, 5) is 29.6. The van der Waals surface area contributed by atoms with Crippen molar-refractivity contribution in [3.8, 4) is 5.75 Å². The summed E-state index contributed by atoms with van der Waals surface area (Å²) in [5.74, 6) is 0.802. The Morgan fingerprint density at radius 1 is 1.18 bits per heavy atom. The van der Waals surface area contributed by atoms with Crippen LogP contribution in [0.1, 0.15) is 49.0 Å². The lowest BCUT2D eigenvalue weighted by Crippen LogP contribution is -2.48. The summed E-state index contributed by atoms with van der Waals surface area (Å²) in [6.45, 7) is 5.27. The van der Waals surface area contributed by atoms with Crippen molar-refractivity contribution < 1.29 is 18.7 Å². The predicted molar refractivity (Wildman–Crippen MR) is 133 cm³/mol. The second-order valence-corrected chi connectivity index (χ2v) is 9.89. The summed E-state index contributed by atoms with van der Waals surface area (Å²) in [7, 11) is 3.55. The molecule has 5 nitrogen and oxygen atoms in total. The van der Waals surface area contributed by atoms with E-state index in [4.69, 9.17) is 16.3 Å². The number of amides is 2. The van der Waals surface area contributed by atoms with Crippen molar-refractivity contribution in [2.75, 3.05) is 27.2 Å². The van der Waals surface area contributed by atoms with Gasteiger partial charge < -0.3 is 14.5 Å². The Balaban J connectivity index is 1.73. The summed E-state index contributed by atoms with van der Waals surface area (Å²) in [6, 6.07) is 12.1. The number of nitrogens with zero attached hydrogens (tertiary/aromatic N) is 2. The monoisotopic (exact) mass is 488 g/mol. The van der Waals surface area contributed by atoms with Crippen molar-refractivity contribution in [3.05, 3.63) is 64.4 Å². The predicted octanol–water partition coefficient (Wildman–Crippen LogP) is 5.46. The number of hydrogen-bond acceptors (Lipinski definition) is 3. The fourth-order valence-electron chi connectivity index (χ4n) is 4.64. The van der Waals surface area contributed by atoms with Crippen LogP contribution < -0.4 is 4.74 Å². The number of benzene rings is 2. The maximum Gasteiger partial charge on any atom is 0.253 e. The number of ether oxygens (including phenoxy) is 1. The summed E-state index contributed by atoms with van der Waals surface area (Å²) in [5.41, 5.74) is 1.51. The van der Waals surface area contributed by atoms with E-state index in [0.717, 1.165) is 30.6 Å². The number of halogens is 2. The van der Waals surface area contributed by atoms with Gasteiger partial charge in [0.05, 0.1) is 12.1 Å². The number of hydrogen-bond donors (Lipinski definition) is 0. The largest absolute Gasteiger partial charge is 0.497 e. The Morgan fingerprint density at radius 2 is 1.88 bits per heavy atom. The summed E-state index contributed by atoms with van der Waals surface area (Å²) >= 11 is 5.87. The summed E-state index contributed by atoms with van der Waals surface area (Å²) in [6.07, 6.45) is 2.81. The van der Waals surface area contributed by atoms with Gasteiger partial charge in [0, 0.05) is 38.2 Å². The first kappa shape index (κ1) is 26.0. The molecule has 1 fully saturated rings. The molecule has 0 N–H and O–H groups in total. The van der Waals surface area contributed by atoms with E-state index in [9.17, 15) is 14.0 Å². The van der Waals surface area contributed by atoms with E-state index in [0.29, 0.717) is 25.1 Å². The van der Waals surface area contributed by atoms with Crippen LogP contribution in [0.3, 0.4) is 0 Å². The zero-order valence-corrected chi connectivity index (χ0v) is 21.1. The maximum atomic E-state index is 13.5. The molecule has 2 aromatic carbocycles. The van der Waals surface area contributed by atoms with Crippen LogP contribution in [0.4, 0.5) is 4.39 Å². The molecule has 2 aromatic rings. The Morgan fingerprint density at radius 3 is 2.50 bits per heavy atom. The lowest BCUT2D eigenvalue weighted by atomic mass is 9.84. The number of carbonyl (C=O) groups excluding carboxylic acids is 2. The van der Waals surface area contributed by atoms with Gasteiger partial charge in [-0.15, -0.1) is 0 Å². The minimum absolute atomic E-state index is 0.0240. The third kappa shape index (κ3) is 6.50. The fourth-order valence-corrected chi connectivity index (χ4v) is 4.82. The molecule has 0 aromatic heterocycles. The minimum Gasteiger partial charge on any atom is -0.497 e. The molecule has 7 heteroatoms. The van der Waals surface area contributed by atoms with Gasteiger partial charge in [-0.3, -0.25) is 9.59 Å². The van der Waals surface area contributed by atoms with Crippen LogP contribution in [0.2, 0.25) is 5.02 Å². The van der Waals surface area contributed by atoms with Gasteiger partial charge >= 0.3 is 0 Å². The van der Waals surface area contributed by atoms with Crippen molar-refractivity contribution in [3.63, 3.8) is 0 Å². The molecule has 1 aliphatic heterocycles. The third-order valence-corrected chi connectivity index (χ3v) is 6.88. The van der Waals surface area contributed by atoms with E-state index in [1.54, 1.807) is 12.0 Å². The molecule has 0 spiro atoms. The maximum absolute atomic E-state index is 13.5. The molecule has 34 heavy (non-hydrogen) atoms. The molecule has 0 saturated carbocycles. The highest BCUT2D eigenvalue weighted by Crippen LogP contribution is 2.29. The molecule has 1 aliphatic rings. The number of methoxy groups -OCH3 is 1.